The summed E-state index contributed by atoms with van der Waals surface area (Å²) in [6, 6.07) is 2.55. The summed E-state index contributed by atoms with van der Waals surface area (Å²) in [6.45, 7) is 10.5. The summed E-state index contributed by atoms with van der Waals surface area (Å²) >= 11 is 0. The van der Waals surface area contributed by atoms with Crippen LogP contribution in [0, 0.1) is 6.92 Å². The number of fused-ring (bicyclic) bond motifs is 1. The van der Waals surface area contributed by atoms with Crippen LogP contribution in [0.5, 0.6) is 11.5 Å². The molecule has 3 aliphatic rings. The van der Waals surface area contributed by atoms with Crippen molar-refractivity contribution in [1.82, 2.24) is 21.1 Å². The van der Waals surface area contributed by atoms with Crippen LogP contribution < -0.4 is 25.5 Å². The molecule has 0 spiro atoms. The minimum absolute atomic E-state index is 0.0115. The van der Waals surface area contributed by atoms with Gasteiger partial charge in [-0.15, -0.1) is 8.78 Å². The van der Waals surface area contributed by atoms with E-state index in [4.69, 9.17) is 0 Å². The normalized spacial score (nSPS) is 19.0. The standard InChI is InChI=1S/C13H12F2N2O3.C6H9FN2.2C2H6/c1-7-3-11-12(20-13(14,15)19-11)5-9(7)10-4-8(6-18)16-17(10)2;1-8-6-2-3-9-4-5(6)7;2*1-2/h3-6,8,16H,1-2H3;2,4,8-9H,3H2,1H3;2*1-2H3. The molecule has 33 heavy (non-hydrogen) atoms. The zero-order chi connectivity index (χ0) is 25.2. The number of hydrogen-bond donors (Lipinski definition) is 3. The van der Waals surface area contributed by atoms with Gasteiger partial charge in [-0.25, -0.2) is 9.82 Å². The number of carbonyl (C=O) groups is 1. The molecule has 0 aromatic heterocycles. The van der Waals surface area contributed by atoms with E-state index in [1.54, 1.807) is 38.2 Å². The number of alkyl halides is 2. The van der Waals surface area contributed by atoms with Gasteiger partial charge in [-0.1, -0.05) is 27.7 Å². The highest BCUT2D eigenvalue weighted by Gasteiger charge is 2.44. The van der Waals surface area contributed by atoms with Gasteiger partial charge in [-0.3, -0.25) is 0 Å². The topological polar surface area (TPSA) is 74.9 Å². The van der Waals surface area contributed by atoms with Crippen LogP contribution in [0.15, 0.2) is 42.0 Å². The van der Waals surface area contributed by atoms with Gasteiger partial charge >= 0.3 is 6.29 Å². The first-order valence-electron chi connectivity index (χ1n) is 10.8. The zero-order valence-electron chi connectivity index (χ0n) is 20.1. The highest BCUT2D eigenvalue weighted by molar-refractivity contribution is 5.76. The van der Waals surface area contributed by atoms with E-state index in [9.17, 15) is 18.0 Å². The van der Waals surface area contributed by atoms with Crippen LogP contribution in [0.2, 0.25) is 0 Å². The third-order valence-corrected chi connectivity index (χ3v) is 4.39. The number of aryl methyl sites for hydroxylation is 1. The molecule has 0 radical (unpaired) electrons. The number of hydrogen-bond acceptors (Lipinski definition) is 7. The Balaban J connectivity index is 0.000000352. The summed E-state index contributed by atoms with van der Waals surface area (Å²) in [5.74, 6) is -0.236. The Morgan fingerprint density at radius 3 is 2.27 bits per heavy atom. The maximum atomic E-state index is 13.0. The molecule has 3 N–H and O–H groups in total. The first-order valence-corrected chi connectivity index (χ1v) is 10.8. The lowest BCUT2D eigenvalue weighted by molar-refractivity contribution is -0.286. The lowest BCUT2D eigenvalue weighted by Crippen LogP contribution is -2.34. The molecule has 1 aromatic carbocycles. The maximum absolute atomic E-state index is 13.0. The number of nitrogens with zero attached hydrogens (tertiary/aromatic N) is 1. The van der Waals surface area contributed by atoms with Crippen molar-refractivity contribution in [2.24, 2.45) is 0 Å². The Morgan fingerprint density at radius 2 is 1.79 bits per heavy atom. The van der Waals surface area contributed by atoms with E-state index in [0.29, 0.717) is 17.8 Å². The highest BCUT2D eigenvalue weighted by atomic mass is 19.3. The molecule has 4 rings (SSSR count). The van der Waals surface area contributed by atoms with Crippen molar-refractivity contribution in [3.63, 3.8) is 0 Å². The predicted molar refractivity (Wildman–Crippen MR) is 123 cm³/mol. The second-order valence-corrected chi connectivity index (χ2v) is 6.45. The van der Waals surface area contributed by atoms with Crippen molar-refractivity contribution in [2.45, 2.75) is 47.0 Å². The summed E-state index contributed by atoms with van der Waals surface area (Å²) in [4.78, 5) is 10.8. The molecule has 3 aliphatic heterocycles. The van der Waals surface area contributed by atoms with Gasteiger partial charge in [0.25, 0.3) is 0 Å². The fourth-order valence-electron chi connectivity index (χ4n) is 3.03. The van der Waals surface area contributed by atoms with Gasteiger partial charge in [-0.05, 0) is 36.8 Å². The molecule has 1 unspecified atom stereocenters. The van der Waals surface area contributed by atoms with Crippen LogP contribution in [-0.2, 0) is 4.79 Å². The lowest BCUT2D eigenvalue weighted by atomic mass is 10.0. The van der Waals surface area contributed by atoms with Gasteiger partial charge in [0.1, 0.15) is 12.3 Å². The van der Waals surface area contributed by atoms with Gasteiger partial charge in [0, 0.05) is 32.4 Å². The molecule has 0 bridgehead atoms. The lowest BCUT2D eigenvalue weighted by Gasteiger charge is -2.19. The molecule has 3 heterocycles. The molecule has 0 saturated heterocycles. The van der Waals surface area contributed by atoms with Crippen LogP contribution in [0.25, 0.3) is 5.70 Å². The largest absolute Gasteiger partial charge is 0.586 e. The number of likely N-dealkylation sites (N-methyl/N-ethyl adjacent to an activating group) is 1. The van der Waals surface area contributed by atoms with E-state index < -0.39 is 12.3 Å². The molecule has 1 atom stereocenters. The number of dihydropyridines is 1. The van der Waals surface area contributed by atoms with Gasteiger partial charge < -0.3 is 29.9 Å². The van der Waals surface area contributed by atoms with Gasteiger partial charge in [-0.2, -0.15) is 0 Å². The number of rotatable bonds is 3. The van der Waals surface area contributed by atoms with Gasteiger partial charge in [0.05, 0.1) is 11.4 Å². The first-order chi connectivity index (χ1) is 15.7. The monoisotopic (exact) mass is 470 g/mol. The van der Waals surface area contributed by atoms with Crippen LogP contribution in [0.4, 0.5) is 13.2 Å². The molecule has 0 aliphatic carbocycles. The summed E-state index contributed by atoms with van der Waals surface area (Å²) in [5, 5.41) is 7.15. The van der Waals surface area contributed by atoms with Gasteiger partial charge in [0.2, 0.25) is 0 Å². The number of ether oxygens (including phenoxy) is 2. The molecular formula is C23H33F3N4O3. The predicted octanol–water partition coefficient (Wildman–Crippen LogP) is 4.23. The Hall–Kier alpha value is -3.14. The average molecular weight is 471 g/mol. The van der Waals surface area contributed by atoms with Crippen LogP contribution >= 0.6 is 0 Å². The molecule has 184 valence electrons. The molecule has 10 heteroatoms. The third kappa shape index (κ3) is 7.18. The first kappa shape index (κ1) is 27.9. The SMILES string of the molecule is CC.CC.CNC1=CCNC=C1F.Cc1cc2c(cc1C1=CC(C=O)NN1C)OC(F)(F)O2. The highest BCUT2D eigenvalue weighted by Crippen LogP contribution is 2.44. The number of halogens is 3. The molecule has 7 nitrogen and oxygen atoms in total. The zero-order valence-corrected chi connectivity index (χ0v) is 20.1. The minimum atomic E-state index is -3.63. The van der Waals surface area contributed by atoms with Crippen molar-refractivity contribution in [2.75, 3.05) is 20.6 Å². The van der Waals surface area contributed by atoms with E-state index in [0.717, 1.165) is 17.5 Å². The third-order valence-electron chi connectivity index (χ3n) is 4.39. The van der Waals surface area contributed by atoms with E-state index in [2.05, 4.69) is 25.5 Å². The minimum Gasteiger partial charge on any atom is -0.395 e. The number of allylic oxidation sites excluding steroid dienone is 1. The number of carbonyl (C=O) groups excluding carboxylic acids is 1. The Labute approximate surface area is 193 Å². The second kappa shape index (κ2) is 12.8. The number of benzene rings is 1. The average Bonchev–Trinajstić information content (AvgIpc) is 3.33. The van der Waals surface area contributed by atoms with E-state index in [1.807, 2.05) is 27.7 Å². The number of aldehydes is 1. The van der Waals surface area contributed by atoms with Crippen LogP contribution in [-0.4, -0.2) is 44.3 Å². The summed E-state index contributed by atoms with van der Waals surface area (Å²) in [5.41, 5.74) is 5.65. The Kier molecular flexibility index (Phi) is 10.8. The summed E-state index contributed by atoms with van der Waals surface area (Å²) in [7, 11) is 3.44. The Bertz CT molecular complexity index is 901. The fourth-order valence-corrected chi connectivity index (χ4v) is 3.03. The fraction of sp³-hybridized carbons (Fsp3) is 0.435. The Morgan fingerprint density at radius 1 is 1.18 bits per heavy atom. The molecule has 0 saturated carbocycles. The number of nitrogens with one attached hydrogen (secondary N) is 3. The van der Waals surface area contributed by atoms with E-state index in [-0.39, 0.29) is 17.3 Å². The quantitative estimate of drug-likeness (QED) is 0.571. The molecule has 1 aromatic rings. The van der Waals surface area contributed by atoms with Crippen molar-refractivity contribution in [3.05, 3.63) is 53.1 Å². The molecule has 0 amide bonds. The van der Waals surface area contributed by atoms with E-state index >= 15 is 0 Å². The maximum Gasteiger partial charge on any atom is 0.586 e. The second-order valence-electron chi connectivity index (χ2n) is 6.45. The van der Waals surface area contributed by atoms with E-state index in [1.165, 1.54) is 18.3 Å². The van der Waals surface area contributed by atoms with Crippen LogP contribution in [0.3, 0.4) is 0 Å². The van der Waals surface area contributed by atoms with Crippen molar-refractivity contribution in [3.8, 4) is 11.5 Å². The molecule has 0 fully saturated rings. The number of hydrazine groups is 1. The van der Waals surface area contributed by atoms with Crippen molar-refractivity contribution < 1.29 is 27.4 Å². The molecular weight excluding hydrogens is 437 g/mol. The summed E-state index contributed by atoms with van der Waals surface area (Å²) in [6.07, 6.45) is 1.96. The van der Waals surface area contributed by atoms with Crippen molar-refractivity contribution in [1.29, 1.82) is 0 Å². The van der Waals surface area contributed by atoms with Crippen LogP contribution in [0.1, 0.15) is 38.8 Å². The smallest absolute Gasteiger partial charge is 0.395 e. The summed E-state index contributed by atoms with van der Waals surface area (Å²) < 4.78 is 47.4. The van der Waals surface area contributed by atoms with Gasteiger partial charge in [0.15, 0.2) is 17.3 Å². The van der Waals surface area contributed by atoms with Crippen molar-refractivity contribution >= 4 is 12.0 Å².